The highest BCUT2D eigenvalue weighted by Gasteiger charge is 2.12. The van der Waals surface area contributed by atoms with Gasteiger partial charge in [0.15, 0.2) is 0 Å². The van der Waals surface area contributed by atoms with E-state index in [1.54, 1.807) is 12.4 Å². The summed E-state index contributed by atoms with van der Waals surface area (Å²) in [5.74, 6) is 1.06. The largest absolute Gasteiger partial charge is 0.491 e. The number of ether oxygens (including phenoxy) is 2. The van der Waals surface area contributed by atoms with E-state index in [4.69, 9.17) is 26.6 Å². The van der Waals surface area contributed by atoms with Gasteiger partial charge in [0.2, 0.25) is 0 Å². The molecule has 128 valence electrons. The number of nitrogens with zero attached hydrogens (tertiary/aromatic N) is 2. The van der Waals surface area contributed by atoms with Gasteiger partial charge >= 0.3 is 0 Å². The van der Waals surface area contributed by atoms with Gasteiger partial charge in [0, 0.05) is 64.8 Å². The van der Waals surface area contributed by atoms with Gasteiger partial charge in [0.25, 0.3) is 0 Å². The van der Waals surface area contributed by atoms with Crippen LogP contribution in [-0.2, 0) is 13.1 Å². The second kappa shape index (κ2) is 8.62. The monoisotopic (exact) mass is 416 g/mol. The van der Waals surface area contributed by atoms with Crippen LogP contribution in [0.5, 0.6) is 11.5 Å². The Balaban J connectivity index is 0.000000167. The van der Waals surface area contributed by atoms with Gasteiger partial charge in [-0.15, -0.1) is 0 Å². The predicted molar refractivity (Wildman–Crippen MR) is 95.6 cm³/mol. The molecule has 6 nitrogen and oxygen atoms in total. The zero-order valence-electron chi connectivity index (χ0n) is 16.6. The molecule has 2 aliphatic heterocycles. The van der Waals surface area contributed by atoms with E-state index < -0.39 is 13.1 Å². The second-order valence-corrected chi connectivity index (χ2v) is 6.19. The van der Waals surface area contributed by atoms with Crippen LogP contribution in [0.15, 0.2) is 29.3 Å². The highest BCUT2D eigenvalue weighted by atomic mass is 79.9. The fourth-order valence-corrected chi connectivity index (χ4v) is 2.84. The lowest BCUT2D eigenvalue weighted by atomic mass is 10.2. The van der Waals surface area contributed by atoms with Crippen LogP contribution < -0.4 is 20.1 Å². The molecule has 2 aromatic rings. The Morgan fingerprint density at radius 2 is 1.79 bits per heavy atom. The van der Waals surface area contributed by atoms with Crippen LogP contribution in [0.4, 0.5) is 0 Å². The lowest BCUT2D eigenvalue weighted by molar-refractivity contribution is 0.323. The molecule has 0 atom stereocenters. The van der Waals surface area contributed by atoms with Gasteiger partial charge in [-0.3, -0.25) is 9.97 Å². The van der Waals surface area contributed by atoms with Crippen molar-refractivity contribution in [2.75, 3.05) is 26.2 Å². The Morgan fingerprint density at radius 3 is 2.67 bits per heavy atom. The third-order valence-corrected chi connectivity index (χ3v) is 4.10. The maximum atomic E-state index is 7.56. The molecule has 24 heavy (non-hydrogen) atoms. The minimum Gasteiger partial charge on any atom is -0.491 e. The van der Waals surface area contributed by atoms with E-state index in [1.807, 2.05) is 0 Å². The molecule has 2 aromatic heterocycles. The lowest BCUT2D eigenvalue weighted by Gasteiger charge is -2.06. The minimum absolute atomic E-state index is 0.161. The van der Waals surface area contributed by atoms with Crippen LogP contribution in [0.2, 0.25) is 5.02 Å². The molecule has 2 N–H and O–H groups in total. The summed E-state index contributed by atoms with van der Waals surface area (Å²) >= 11 is 9.10. The van der Waals surface area contributed by atoms with Crippen LogP contribution in [0.1, 0.15) is 16.6 Å². The van der Waals surface area contributed by atoms with Crippen molar-refractivity contribution in [3.05, 3.63) is 45.4 Å². The van der Waals surface area contributed by atoms with E-state index >= 15 is 0 Å². The smallest absolute Gasteiger partial charge is 0.145 e. The second-order valence-electron chi connectivity index (χ2n) is 4.93. The summed E-state index contributed by atoms with van der Waals surface area (Å²) in [7, 11) is 0. The van der Waals surface area contributed by atoms with E-state index in [-0.39, 0.29) is 12.3 Å². The molecule has 8 heteroatoms. The molecule has 0 saturated carbocycles. The van der Waals surface area contributed by atoms with Crippen molar-refractivity contribution in [1.29, 1.82) is 0 Å². The summed E-state index contributed by atoms with van der Waals surface area (Å²) in [4.78, 5) is 7.91. The van der Waals surface area contributed by atoms with E-state index in [9.17, 15) is 0 Å². The maximum Gasteiger partial charge on any atom is 0.145 e. The summed E-state index contributed by atoms with van der Waals surface area (Å²) in [6.45, 7) is -2.24. The van der Waals surface area contributed by atoms with Crippen LogP contribution in [0.25, 0.3) is 0 Å². The summed E-state index contributed by atoms with van der Waals surface area (Å²) in [6, 6.07) is 0. The SMILES string of the molecule is Clc1cncc2c1OCCNC2.[2H]C1([2H])NCc2cncc(Br)c2OC1([2H])[2H]. The fourth-order valence-electron chi connectivity index (χ4n) is 2.15. The molecule has 0 fully saturated rings. The minimum atomic E-state index is -2.44. The van der Waals surface area contributed by atoms with Crippen LogP contribution in [-0.4, -0.2) is 36.2 Å². The Hall–Kier alpha value is -1.41. The summed E-state index contributed by atoms with van der Waals surface area (Å²) in [5.41, 5.74) is 1.64. The molecule has 2 aliphatic rings. The van der Waals surface area contributed by atoms with Crippen molar-refractivity contribution in [2.24, 2.45) is 0 Å². The van der Waals surface area contributed by atoms with Crippen molar-refractivity contribution >= 4 is 27.5 Å². The zero-order valence-corrected chi connectivity index (χ0v) is 14.9. The van der Waals surface area contributed by atoms with Crippen molar-refractivity contribution in [3.8, 4) is 11.5 Å². The number of rotatable bonds is 0. The van der Waals surface area contributed by atoms with Gasteiger partial charge in [-0.25, -0.2) is 0 Å². The predicted octanol–water partition coefficient (Wildman–Crippen LogP) is 2.54. The topological polar surface area (TPSA) is 68.3 Å². The Bertz CT molecular complexity index is 859. The van der Waals surface area contributed by atoms with Gasteiger partial charge in [-0.05, 0) is 15.9 Å². The first-order valence-corrected chi connectivity index (χ1v) is 8.41. The molecule has 0 aliphatic carbocycles. The van der Waals surface area contributed by atoms with E-state index in [1.165, 1.54) is 12.4 Å². The van der Waals surface area contributed by atoms with Crippen molar-refractivity contribution < 1.29 is 15.0 Å². The number of hydrogen-bond donors (Lipinski definition) is 2. The van der Waals surface area contributed by atoms with E-state index in [0.717, 1.165) is 24.4 Å². The first-order valence-electron chi connectivity index (χ1n) is 9.23. The number of halogens is 2. The first kappa shape index (κ1) is 12.9. The molecule has 0 unspecified atom stereocenters. The van der Waals surface area contributed by atoms with Crippen LogP contribution >= 0.6 is 27.5 Å². The molecule has 0 bridgehead atoms. The average molecular weight is 418 g/mol. The van der Waals surface area contributed by atoms with Crippen molar-refractivity contribution in [1.82, 2.24) is 20.6 Å². The standard InChI is InChI=1S/C8H9BrN2O.C8H9ClN2O/c2*9-7-5-11-4-6-3-10-1-2-12-8(6)7/h2*4-5,10H,1-3H2/i1D2,2D2;. The van der Waals surface area contributed by atoms with E-state index in [0.29, 0.717) is 21.7 Å². The van der Waals surface area contributed by atoms with E-state index in [2.05, 4.69) is 36.5 Å². The van der Waals surface area contributed by atoms with Crippen molar-refractivity contribution in [3.63, 3.8) is 0 Å². The molecule has 0 spiro atoms. The third kappa shape index (κ3) is 4.36. The number of aromatic nitrogens is 2. The van der Waals surface area contributed by atoms with Crippen LogP contribution in [0, 0.1) is 0 Å². The van der Waals surface area contributed by atoms with Gasteiger partial charge in [-0.1, -0.05) is 11.6 Å². The van der Waals surface area contributed by atoms with Gasteiger partial charge in [-0.2, -0.15) is 0 Å². The maximum absolute atomic E-state index is 7.56. The fraction of sp³-hybridized carbons (Fsp3) is 0.375. The van der Waals surface area contributed by atoms with Crippen LogP contribution in [0.3, 0.4) is 0 Å². The molecular formula is C16H18BrClN4O2. The highest BCUT2D eigenvalue weighted by Crippen LogP contribution is 2.29. The summed E-state index contributed by atoms with van der Waals surface area (Å²) in [6.07, 6.45) is 6.38. The van der Waals surface area contributed by atoms with Gasteiger partial charge in [0.05, 0.1) is 7.21 Å². The number of nitrogens with one attached hydrogen (secondary N) is 2. The zero-order chi connectivity index (χ0) is 20.4. The molecule has 0 amide bonds. The molecular weight excluding hydrogens is 396 g/mol. The molecule has 0 aromatic carbocycles. The van der Waals surface area contributed by atoms with Gasteiger partial charge in [0.1, 0.15) is 29.7 Å². The Labute approximate surface area is 159 Å². The third-order valence-electron chi connectivity index (χ3n) is 3.27. The van der Waals surface area contributed by atoms with Crippen molar-refractivity contribution in [2.45, 2.75) is 13.1 Å². The summed E-state index contributed by atoms with van der Waals surface area (Å²) in [5, 5.41) is 6.27. The molecule has 4 heterocycles. The molecule has 0 radical (unpaired) electrons. The Kier molecular flexibility index (Phi) is 4.63. The lowest BCUT2D eigenvalue weighted by Crippen LogP contribution is -2.16. The highest BCUT2D eigenvalue weighted by molar-refractivity contribution is 9.10. The average Bonchev–Trinajstić information content (AvgIpc) is 2.93. The Morgan fingerprint density at radius 1 is 1.04 bits per heavy atom. The van der Waals surface area contributed by atoms with Gasteiger partial charge < -0.3 is 20.1 Å². The normalized spacial score (nSPS) is 22.8. The number of hydrogen-bond acceptors (Lipinski definition) is 6. The molecule has 4 rings (SSSR count). The summed E-state index contributed by atoms with van der Waals surface area (Å²) < 4.78 is 41.2. The number of pyridine rings is 2. The quantitative estimate of drug-likeness (QED) is 0.687. The molecule has 0 saturated heterocycles. The number of fused-ring (bicyclic) bond motifs is 2. The first-order chi connectivity index (χ1) is 13.2.